The van der Waals surface area contributed by atoms with Gasteiger partial charge in [0.25, 0.3) is 0 Å². The monoisotopic (exact) mass is 248 g/mol. The Morgan fingerprint density at radius 2 is 1.68 bits per heavy atom. The topological polar surface area (TPSA) is 9.23 Å². The maximum atomic E-state index is 5.33. The molecular formula is C18H16O. The molecule has 0 aromatic heterocycles. The van der Waals surface area contributed by atoms with Crippen molar-refractivity contribution < 1.29 is 4.74 Å². The minimum absolute atomic E-state index is 0.910. The standard InChI is InChI=1S/C18H16O/c1-19-17-11-10-15-8-5-9-16(18(15)13-17)12-14-6-3-2-4-7-14/h2-11,13H,12H2,1H3. The van der Waals surface area contributed by atoms with E-state index in [9.17, 15) is 0 Å². The fourth-order valence-electron chi connectivity index (χ4n) is 2.41. The van der Waals surface area contributed by atoms with E-state index in [1.165, 1.54) is 21.9 Å². The SMILES string of the molecule is COc1ccc2cccc(Cc3ccccc3)c2c1. The molecule has 0 saturated carbocycles. The molecule has 3 aromatic carbocycles. The van der Waals surface area contributed by atoms with Crippen molar-refractivity contribution in [2.75, 3.05) is 7.11 Å². The Morgan fingerprint density at radius 1 is 0.842 bits per heavy atom. The molecule has 0 atom stereocenters. The molecule has 0 unspecified atom stereocenters. The van der Waals surface area contributed by atoms with Crippen LogP contribution in [-0.4, -0.2) is 7.11 Å². The summed E-state index contributed by atoms with van der Waals surface area (Å²) in [5.41, 5.74) is 2.67. The summed E-state index contributed by atoms with van der Waals surface area (Å²) in [5.74, 6) is 0.910. The van der Waals surface area contributed by atoms with E-state index in [4.69, 9.17) is 4.74 Å². The van der Waals surface area contributed by atoms with Crippen LogP contribution >= 0.6 is 0 Å². The summed E-state index contributed by atoms with van der Waals surface area (Å²) in [6, 6.07) is 23.2. The van der Waals surface area contributed by atoms with Crippen molar-refractivity contribution in [3.63, 3.8) is 0 Å². The molecule has 0 heterocycles. The lowest BCUT2D eigenvalue weighted by Gasteiger charge is -2.08. The number of fused-ring (bicyclic) bond motifs is 1. The lowest BCUT2D eigenvalue weighted by atomic mass is 9.98. The van der Waals surface area contributed by atoms with Crippen molar-refractivity contribution in [3.8, 4) is 5.75 Å². The smallest absolute Gasteiger partial charge is 0.119 e. The highest BCUT2D eigenvalue weighted by Gasteiger charge is 2.03. The lowest BCUT2D eigenvalue weighted by Crippen LogP contribution is -1.90. The summed E-state index contributed by atoms with van der Waals surface area (Å²) in [6.07, 6.45) is 0.950. The van der Waals surface area contributed by atoms with Gasteiger partial charge in [0.05, 0.1) is 7.11 Å². The molecule has 0 saturated heterocycles. The van der Waals surface area contributed by atoms with Gasteiger partial charge in [-0.15, -0.1) is 0 Å². The van der Waals surface area contributed by atoms with E-state index in [0.29, 0.717) is 0 Å². The Hall–Kier alpha value is -2.28. The Kier molecular flexibility index (Phi) is 3.20. The van der Waals surface area contributed by atoms with Gasteiger partial charge in [-0.25, -0.2) is 0 Å². The molecule has 0 aliphatic heterocycles. The molecule has 0 N–H and O–H groups in total. The van der Waals surface area contributed by atoms with E-state index in [1.807, 2.05) is 6.07 Å². The zero-order valence-corrected chi connectivity index (χ0v) is 11.0. The molecule has 94 valence electrons. The number of benzene rings is 3. The molecule has 3 rings (SSSR count). The Morgan fingerprint density at radius 3 is 2.47 bits per heavy atom. The van der Waals surface area contributed by atoms with E-state index in [1.54, 1.807) is 7.11 Å². The van der Waals surface area contributed by atoms with Crippen LogP contribution in [0.15, 0.2) is 66.7 Å². The van der Waals surface area contributed by atoms with Crippen molar-refractivity contribution in [2.24, 2.45) is 0 Å². The average molecular weight is 248 g/mol. The summed E-state index contributed by atoms with van der Waals surface area (Å²) in [4.78, 5) is 0. The highest BCUT2D eigenvalue weighted by Crippen LogP contribution is 2.25. The summed E-state index contributed by atoms with van der Waals surface area (Å²) in [6.45, 7) is 0. The maximum Gasteiger partial charge on any atom is 0.119 e. The second-order valence-corrected chi connectivity index (χ2v) is 4.67. The van der Waals surface area contributed by atoms with E-state index in [-0.39, 0.29) is 0 Å². The second-order valence-electron chi connectivity index (χ2n) is 4.67. The second kappa shape index (κ2) is 5.15. The van der Waals surface area contributed by atoms with Crippen molar-refractivity contribution in [3.05, 3.63) is 77.9 Å². The third kappa shape index (κ3) is 2.45. The number of hydrogen-bond donors (Lipinski definition) is 0. The van der Waals surface area contributed by atoms with Crippen LogP contribution < -0.4 is 4.74 Å². The van der Waals surface area contributed by atoms with Gasteiger partial charge in [-0.2, -0.15) is 0 Å². The van der Waals surface area contributed by atoms with Crippen molar-refractivity contribution in [1.29, 1.82) is 0 Å². The molecule has 1 nitrogen and oxygen atoms in total. The molecule has 0 spiro atoms. The summed E-state index contributed by atoms with van der Waals surface area (Å²) >= 11 is 0. The van der Waals surface area contributed by atoms with Gasteiger partial charge >= 0.3 is 0 Å². The normalized spacial score (nSPS) is 10.6. The zero-order valence-electron chi connectivity index (χ0n) is 11.0. The van der Waals surface area contributed by atoms with Crippen LogP contribution in [0.25, 0.3) is 10.8 Å². The van der Waals surface area contributed by atoms with E-state index in [0.717, 1.165) is 12.2 Å². The van der Waals surface area contributed by atoms with Crippen LogP contribution in [-0.2, 0) is 6.42 Å². The van der Waals surface area contributed by atoms with Crippen molar-refractivity contribution in [2.45, 2.75) is 6.42 Å². The van der Waals surface area contributed by atoms with E-state index >= 15 is 0 Å². The van der Waals surface area contributed by atoms with Crippen LogP contribution in [0.5, 0.6) is 5.75 Å². The zero-order chi connectivity index (χ0) is 13.1. The number of ether oxygens (including phenoxy) is 1. The Labute approximate surface area is 113 Å². The number of methoxy groups -OCH3 is 1. The lowest BCUT2D eigenvalue weighted by molar-refractivity contribution is 0.415. The summed E-state index contributed by atoms with van der Waals surface area (Å²) in [5, 5.41) is 2.53. The van der Waals surface area contributed by atoms with Gasteiger partial charge in [-0.3, -0.25) is 0 Å². The summed E-state index contributed by atoms with van der Waals surface area (Å²) < 4.78 is 5.33. The van der Waals surface area contributed by atoms with Crippen molar-refractivity contribution >= 4 is 10.8 Å². The van der Waals surface area contributed by atoms with Crippen molar-refractivity contribution in [1.82, 2.24) is 0 Å². The molecule has 0 aliphatic rings. The first-order valence-corrected chi connectivity index (χ1v) is 6.46. The minimum atomic E-state index is 0.910. The van der Waals surface area contributed by atoms with E-state index < -0.39 is 0 Å². The van der Waals surface area contributed by atoms with Crippen LogP contribution in [0.2, 0.25) is 0 Å². The first-order chi connectivity index (χ1) is 9.36. The molecule has 0 aliphatic carbocycles. The third-order valence-electron chi connectivity index (χ3n) is 3.42. The van der Waals surface area contributed by atoms with Crippen LogP contribution in [0.3, 0.4) is 0 Å². The fraction of sp³-hybridized carbons (Fsp3) is 0.111. The minimum Gasteiger partial charge on any atom is -0.497 e. The Bertz CT molecular complexity index is 686. The predicted octanol–water partition coefficient (Wildman–Crippen LogP) is 4.44. The maximum absolute atomic E-state index is 5.33. The first-order valence-electron chi connectivity index (χ1n) is 6.46. The molecule has 0 bridgehead atoms. The molecular weight excluding hydrogens is 232 g/mol. The Balaban J connectivity index is 2.07. The van der Waals surface area contributed by atoms with Gasteiger partial charge in [0, 0.05) is 0 Å². The molecule has 0 radical (unpaired) electrons. The number of hydrogen-bond acceptors (Lipinski definition) is 1. The largest absolute Gasteiger partial charge is 0.497 e. The van der Waals surface area contributed by atoms with Crippen LogP contribution in [0.4, 0.5) is 0 Å². The van der Waals surface area contributed by atoms with Gasteiger partial charge in [-0.05, 0) is 40.5 Å². The summed E-state index contributed by atoms with van der Waals surface area (Å²) in [7, 11) is 1.71. The quantitative estimate of drug-likeness (QED) is 0.666. The van der Waals surface area contributed by atoms with Gasteiger partial charge in [0.2, 0.25) is 0 Å². The third-order valence-corrected chi connectivity index (χ3v) is 3.42. The van der Waals surface area contributed by atoms with Gasteiger partial charge in [0.1, 0.15) is 5.75 Å². The highest BCUT2D eigenvalue weighted by molar-refractivity contribution is 5.87. The predicted molar refractivity (Wildman–Crippen MR) is 79.7 cm³/mol. The fourth-order valence-corrected chi connectivity index (χ4v) is 2.41. The van der Waals surface area contributed by atoms with Gasteiger partial charge in [0.15, 0.2) is 0 Å². The molecule has 1 heteroatoms. The molecule has 0 fully saturated rings. The van der Waals surface area contributed by atoms with Gasteiger partial charge < -0.3 is 4.74 Å². The molecule has 19 heavy (non-hydrogen) atoms. The average Bonchev–Trinajstić information content (AvgIpc) is 2.48. The van der Waals surface area contributed by atoms with Crippen LogP contribution in [0.1, 0.15) is 11.1 Å². The molecule has 0 amide bonds. The first kappa shape index (κ1) is 11.8. The highest BCUT2D eigenvalue weighted by atomic mass is 16.5. The van der Waals surface area contributed by atoms with Crippen LogP contribution in [0, 0.1) is 0 Å². The molecule has 3 aromatic rings. The van der Waals surface area contributed by atoms with E-state index in [2.05, 4.69) is 60.7 Å². The van der Waals surface area contributed by atoms with Gasteiger partial charge in [-0.1, -0.05) is 54.6 Å². The number of rotatable bonds is 3.